The molecule has 2 heterocycles. The number of rotatable bonds is 3. The Morgan fingerprint density at radius 3 is 2.67 bits per heavy atom. The molecule has 1 aliphatic heterocycles. The lowest BCUT2D eigenvalue weighted by atomic mass is 10.2. The van der Waals surface area contributed by atoms with Crippen LogP contribution in [-0.2, 0) is 0 Å². The first-order valence-corrected chi connectivity index (χ1v) is 7.15. The molecule has 6 heteroatoms. The number of aromatic nitrogens is 2. The molecule has 3 N–H and O–H groups in total. The predicted molar refractivity (Wildman–Crippen MR) is 87.1 cm³/mol. The molecule has 0 bridgehead atoms. The summed E-state index contributed by atoms with van der Waals surface area (Å²) in [6.45, 7) is 2.02. The van der Waals surface area contributed by atoms with Crippen LogP contribution in [0.4, 0.5) is 23.1 Å². The van der Waals surface area contributed by atoms with Crippen molar-refractivity contribution < 1.29 is 0 Å². The second-order valence-electron chi connectivity index (χ2n) is 4.80. The quantitative estimate of drug-likeness (QED) is 0.852. The van der Waals surface area contributed by atoms with Crippen LogP contribution in [0.25, 0.3) is 0 Å². The van der Waals surface area contributed by atoms with E-state index >= 15 is 0 Å². The van der Waals surface area contributed by atoms with Crippen molar-refractivity contribution in [2.24, 2.45) is 0 Å². The van der Waals surface area contributed by atoms with Gasteiger partial charge in [0.1, 0.15) is 10.8 Å². The van der Waals surface area contributed by atoms with Crippen molar-refractivity contribution in [1.82, 2.24) is 9.97 Å². The van der Waals surface area contributed by atoms with E-state index in [1.807, 2.05) is 12.1 Å². The van der Waals surface area contributed by atoms with E-state index in [4.69, 9.17) is 17.3 Å². The number of nitrogens with zero attached hydrogens (tertiary/aromatic N) is 3. The summed E-state index contributed by atoms with van der Waals surface area (Å²) >= 11 is 5.80. The zero-order valence-corrected chi connectivity index (χ0v) is 12.2. The molecule has 5 nitrogen and oxygen atoms in total. The first-order chi connectivity index (χ1) is 10.2. The van der Waals surface area contributed by atoms with Gasteiger partial charge in [0, 0.05) is 24.5 Å². The summed E-state index contributed by atoms with van der Waals surface area (Å²) < 4.78 is 0. The SMILES string of the molecule is Nc1nc(Nc2ccc(N3CC=CCC3)cc2)ncc1Cl. The van der Waals surface area contributed by atoms with Crippen LogP contribution in [-0.4, -0.2) is 23.1 Å². The van der Waals surface area contributed by atoms with Crippen LogP contribution >= 0.6 is 11.6 Å². The Hall–Kier alpha value is -2.27. The Labute approximate surface area is 128 Å². The molecule has 0 saturated heterocycles. The summed E-state index contributed by atoms with van der Waals surface area (Å²) in [5, 5.41) is 3.46. The van der Waals surface area contributed by atoms with Crippen LogP contribution < -0.4 is 16.0 Å². The molecule has 2 aromatic rings. The highest BCUT2D eigenvalue weighted by Crippen LogP contribution is 2.22. The minimum atomic E-state index is 0.269. The fraction of sp³-hybridized carbons (Fsp3) is 0.200. The number of anilines is 4. The van der Waals surface area contributed by atoms with Gasteiger partial charge in [-0.25, -0.2) is 4.98 Å². The fourth-order valence-electron chi connectivity index (χ4n) is 2.20. The van der Waals surface area contributed by atoms with Gasteiger partial charge in [0.15, 0.2) is 0 Å². The first-order valence-electron chi connectivity index (χ1n) is 6.77. The molecule has 0 saturated carbocycles. The molecule has 0 amide bonds. The molecular formula is C15H16ClN5. The van der Waals surface area contributed by atoms with Gasteiger partial charge in [0.25, 0.3) is 0 Å². The van der Waals surface area contributed by atoms with E-state index in [0.717, 1.165) is 25.2 Å². The first kappa shape index (κ1) is 13.7. The van der Waals surface area contributed by atoms with Crippen molar-refractivity contribution in [2.45, 2.75) is 6.42 Å². The highest BCUT2D eigenvalue weighted by Gasteiger charge is 2.07. The number of hydrogen-bond acceptors (Lipinski definition) is 5. The van der Waals surface area contributed by atoms with Crippen LogP contribution in [0.3, 0.4) is 0 Å². The van der Waals surface area contributed by atoms with Crippen molar-refractivity contribution in [3.05, 3.63) is 47.6 Å². The maximum Gasteiger partial charge on any atom is 0.229 e. The maximum absolute atomic E-state index is 5.80. The molecule has 0 unspecified atom stereocenters. The Morgan fingerprint density at radius 1 is 1.19 bits per heavy atom. The van der Waals surface area contributed by atoms with E-state index in [1.165, 1.54) is 11.9 Å². The molecule has 1 aromatic carbocycles. The van der Waals surface area contributed by atoms with Gasteiger partial charge in [0.05, 0.1) is 6.20 Å². The fourth-order valence-corrected chi connectivity index (χ4v) is 2.29. The maximum atomic E-state index is 5.80. The van der Waals surface area contributed by atoms with E-state index in [2.05, 4.69) is 44.5 Å². The van der Waals surface area contributed by atoms with E-state index in [1.54, 1.807) is 0 Å². The predicted octanol–water partition coefficient (Wildman–Crippen LogP) is 3.22. The van der Waals surface area contributed by atoms with Gasteiger partial charge in [0.2, 0.25) is 5.95 Å². The summed E-state index contributed by atoms with van der Waals surface area (Å²) in [6, 6.07) is 8.17. The smallest absolute Gasteiger partial charge is 0.229 e. The van der Waals surface area contributed by atoms with Gasteiger partial charge in [-0.05, 0) is 30.7 Å². The van der Waals surface area contributed by atoms with Gasteiger partial charge < -0.3 is 16.0 Å². The third kappa shape index (κ3) is 3.25. The lowest BCUT2D eigenvalue weighted by molar-refractivity contribution is 0.821. The van der Waals surface area contributed by atoms with Crippen LogP contribution in [0.1, 0.15) is 6.42 Å². The summed E-state index contributed by atoms with van der Waals surface area (Å²) in [7, 11) is 0. The number of nitrogens with one attached hydrogen (secondary N) is 1. The number of benzene rings is 1. The van der Waals surface area contributed by atoms with Gasteiger partial charge >= 0.3 is 0 Å². The molecule has 1 aliphatic rings. The van der Waals surface area contributed by atoms with Crippen molar-refractivity contribution >= 4 is 34.7 Å². The van der Waals surface area contributed by atoms with Crippen molar-refractivity contribution in [1.29, 1.82) is 0 Å². The molecule has 21 heavy (non-hydrogen) atoms. The molecule has 0 spiro atoms. The minimum absolute atomic E-state index is 0.269. The monoisotopic (exact) mass is 301 g/mol. The average Bonchev–Trinajstić information content (AvgIpc) is 2.53. The van der Waals surface area contributed by atoms with Crippen molar-refractivity contribution in [2.75, 3.05) is 29.0 Å². The lowest BCUT2D eigenvalue weighted by Crippen LogP contribution is -2.26. The summed E-state index contributed by atoms with van der Waals surface area (Å²) in [5.41, 5.74) is 7.78. The molecule has 108 valence electrons. The van der Waals surface area contributed by atoms with Crippen LogP contribution in [0.5, 0.6) is 0 Å². The number of halogens is 1. The van der Waals surface area contributed by atoms with Crippen LogP contribution in [0, 0.1) is 0 Å². The van der Waals surface area contributed by atoms with Gasteiger partial charge in [-0.15, -0.1) is 0 Å². The molecule has 0 atom stereocenters. The molecule has 0 fully saturated rings. The Bertz CT molecular complexity index is 654. The molecule has 1 aromatic heterocycles. The van der Waals surface area contributed by atoms with Gasteiger partial charge in [-0.3, -0.25) is 0 Å². The molecule has 3 rings (SSSR count). The number of hydrogen-bond donors (Lipinski definition) is 2. The minimum Gasteiger partial charge on any atom is -0.382 e. The van der Waals surface area contributed by atoms with Crippen LogP contribution in [0.2, 0.25) is 5.02 Å². The topological polar surface area (TPSA) is 67.1 Å². The lowest BCUT2D eigenvalue weighted by Gasteiger charge is -2.25. The van der Waals surface area contributed by atoms with Gasteiger partial charge in [-0.1, -0.05) is 23.8 Å². The summed E-state index contributed by atoms with van der Waals surface area (Å²) in [5.74, 6) is 0.705. The zero-order valence-electron chi connectivity index (χ0n) is 11.5. The molecular weight excluding hydrogens is 286 g/mol. The Balaban J connectivity index is 1.71. The van der Waals surface area contributed by atoms with E-state index in [-0.39, 0.29) is 5.82 Å². The zero-order chi connectivity index (χ0) is 14.7. The second kappa shape index (κ2) is 6.01. The normalized spacial score (nSPS) is 14.2. The molecule has 0 aliphatic carbocycles. The average molecular weight is 302 g/mol. The highest BCUT2D eigenvalue weighted by molar-refractivity contribution is 6.32. The number of nitrogens with two attached hydrogens (primary N) is 1. The van der Waals surface area contributed by atoms with Crippen LogP contribution in [0.15, 0.2) is 42.6 Å². The Morgan fingerprint density at radius 2 is 2.00 bits per heavy atom. The van der Waals surface area contributed by atoms with E-state index in [9.17, 15) is 0 Å². The van der Waals surface area contributed by atoms with E-state index < -0.39 is 0 Å². The number of nitrogen functional groups attached to an aromatic ring is 1. The second-order valence-corrected chi connectivity index (χ2v) is 5.21. The Kier molecular flexibility index (Phi) is 3.92. The summed E-state index contributed by atoms with van der Waals surface area (Å²) in [4.78, 5) is 10.5. The van der Waals surface area contributed by atoms with Crippen molar-refractivity contribution in [3.8, 4) is 0 Å². The van der Waals surface area contributed by atoms with E-state index in [0.29, 0.717) is 11.0 Å². The third-order valence-corrected chi connectivity index (χ3v) is 3.61. The highest BCUT2D eigenvalue weighted by atomic mass is 35.5. The largest absolute Gasteiger partial charge is 0.382 e. The van der Waals surface area contributed by atoms with Gasteiger partial charge in [-0.2, -0.15) is 4.98 Å². The van der Waals surface area contributed by atoms with Crippen molar-refractivity contribution in [3.63, 3.8) is 0 Å². The standard InChI is InChI=1S/C15H16ClN5/c16-13-10-18-15(20-14(13)17)19-11-4-6-12(7-5-11)21-8-2-1-3-9-21/h1-2,4-7,10H,3,8-9H2,(H3,17,18,19,20). The molecule has 0 radical (unpaired) electrons. The third-order valence-electron chi connectivity index (χ3n) is 3.32. The summed E-state index contributed by atoms with van der Waals surface area (Å²) in [6.07, 6.45) is 6.99.